The third-order valence-electron chi connectivity index (χ3n) is 17.3. The average Bonchev–Trinajstić information content (AvgIpc) is 1.08. The van der Waals surface area contributed by atoms with E-state index in [1.54, 1.807) is 0 Å². The number of unbranched alkanes of at least 4 members (excludes halogenated alkanes) is 36. The molecule has 562 valence electrons. The molecule has 0 heterocycles. The van der Waals surface area contributed by atoms with Gasteiger partial charge in [-0.2, -0.15) is 0 Å². The lowest BCUT2D eigenvalue weighted by atomic mass is 10.0. The molecule has 0 rings (SSSR count). The molecule has 10 heteroatoms. The Kier molecular flexibility index (Phi) is 73.8. The first kappa shape index (κ1) is 93.9. The molecule has 2 unspecified atom stereocenters. The monoisotopic (exact) mass is 1380 g/mol. The second-order valence-corrected chi connectivity index (χ2v) is 29.5. The Morgan fingerprint density at radius 2 is 0.582 bits per heavy atom. The standard InChI is InChI=1S/C88H152NO8P/c1-6-8-10-12-14-16-18-20-22-24-26-28-30-32-34-36-38-40-41-42-43-44-45-46-47-49-51-53-55-57-59-61-63-65-67-69-71-73-75-77-79-81-88(91)97-86(85-96-98(92,93)95-83-82-89(3,4)5)84-94-87(90)80-78-76-74-72-70-68-66-64-62-60-58-56-54-52-50-48-39-37-35-33-31-29-27-25-23-21-19-17-15-13-11-9-7-2/h8,10,14,16,20,22,25-28,32,34,38,40,42-43,45-46,49,51,55,57,61,63,86H,6-7,9,11-13,15,17-19,21,23-24,29-31,33,35-37,39,41,44,47-48,50,52-54,56,58-60,62,64-85H2,1-5H3/b10-8-,16-14-,22-20-,27-25-,28-26-,34-32-,40-38-,43-42-,46-45-,51-49-,57-55-,63-61-. The minimum absolute atomic E-state index is 0.0383. The summed E-state index contributed by atoms with van der Waals surface area (Å²) in [6, 6.07) is 0. The number of phosphoric acid groups is 1. The maximum absolute atomic E-state index is 12.9. The minimum atomic E-state index is -4.66. The predicted molar refractivity (Wildman–Crippen MR) is 424 cm³/mol. The molecular weight excluding hydrogens is 1230 g/mol. The van der Waals surface area contributed by atoms with Gasteiger partial charge in [-0.1, -0.05) is 359 Å². The molecule has 0 amide bonds. The zero-order chi connectivity index (χ0) is 71.1. The highest BCUT2D eigenvalue weighted by Crippen LogP contribution is 2.38. The Bertz CT molecular complexity index is 2170. The highest BCUT2D eigenvalue weighted by molar-refractivity contribution is 7.45. The van der Waals surface area contributed by atoms with Crippen molar-refractivity contribution in [1.82, 2.24) is 0 Å². The lowest BCUT2D eigenvalue weighted by Gasteiger charge is -2.28. The molecule has 0 aliphatic carbocycles. The van der Waals surface area contributed by atoms with Gasteiger partial charge in [0, 0.05) is 12.8 Å². The number of ether oxygens (including phenoxy) is 2. The largest absolute Gasteiger partial charge is 0.756 e. The van der Waals surface area contributed by atoms with Crippen molar-refractivity contribution in [1.29, 1.82) is 0 Å². The number of rotatable bonds is 74. The molecule has 0 aromatic carbocycles. The summed E-state index contributed by atoms with van der Waals surface area (Å²) < 4.78 is 34.4. The van der Waals surface area contributed by atoms with E-state index >= 15 is 0 Å². The highest BCUT2D eigenvalue weighted by atomic mass is 31.2. The predicted octanol–water partition coefficient (Wildman–Crippen LogP) is 26.6. The Morgan fingerprint density at radius 1 is 0.327 bits per heavy atom. The summed E-state index contributed by atoms with van der Waals surface area (Å²) in [6.45, 7) is 4.14. The van der Waals surface area contributed by atoms with Gasteiger partial charge in [0.05, 0.1) is 27.7 Å². The first-order valence-electron chi connectivity index (χ1n) is 40.5. The first-order valence-corrected chi connectivity index (χ1v) is 42.0. The average molecular weight is 1380 g/mol. The SMILES string of the molecule is CC/C=C\C/C=C\C/C=C\C/C=C\C/C=C\C/C=C\C/C=C\C/C=C\C/C=C\C/C=C\C/C=C\CCCCCCCCCC(=O)OC(COC(=O)CCCCCCCCCCCCCCCCCCCCCCC/C=C\CCCCCCCCCC)COP(=O)([O-])OCC[N+](C)(C)C. The van der Waals surface area contributed by atoms with Crippen LogP contribution in [0.15, 0.2) is 146 Å². The van der Waals surface area contributed by atoms with Crippen molar-refractivity contribution in [3.63, 3.8) is 0 Å². The van der Waals surface area contributed by atoms with Crippen LogP contribution in [0.1, 0.15) is 348 Å². The lowest BCUT2D eigenvalue weighted by molar-refractivity contribution is -0.870. The van der Waals surface area contributed by atoms with Crippen molar-refractivity contribution in [2.45, 2.75) is 354 Å². The van der Waals surface area contributed by atoms with E-state index in [9.17, 15) is 19.0 Å². The second-order valence-electron chi connectivity index (χ2n) is 28.0. The Hall–Kier alpha value is -4.11. The van der Waals surface area contributed by atoms with Gasteiger partial charge in [-0.3, -0.25) is 14.2 Å². The van der Waals surface area contributed by atoms with Crippen molar-refractivity contribution in [2.24, 2.45) is 0 Å². The quantitative estimate of drug-likeness (QED) is 0.0195. The zero-order valence-electron chi connectivity index (χ0n) is 64.2. The number of carbonyl (C=O) groups excluding carboxylic acids is 2. The van der Waals surface area contributed by atoms with Crippen LogP contribution < -0.4 is 4.89 Å². The van der Waals surface area contributed by atoms with Gasteiger partial charge in [-0.15, -0.1) is 0 Å². The first-order chi connectivity index (χ1) is 48.0. The van der Waals surface area contributed by atoms with Crippen LogP contribution in [0.5, 0.6) is 0 Å². The zero-order valence-corrected chi connectivity index (χ0v) is 65.1. The summed E-state index contributed by atoms with van der Waals surface area (Å²) in [5.41, 5.74) is 0. The number of nitrogens with zero attached hydrogens (tertiary/aromatic N) is 1. The van der Waals surface area contributed by atoms with Crippen LogP contribution in [0.2, 0.25) is 0 Å². The second kappa shape index (κ2) is 77.1. The van der Waals surface area contributed by atoms with E-state index in [-0.39, 0.29) is 32.0 Å². The number of esters is 2. The van der Waals surface area contributed by atoms with Gasteiger partial charge in [0.2, 0.25) is 0 Å². The summed E-state index contributed by atoms with van der Waals surface area (Å²) in [5.74, 6) is -0.841. The van der Waals surface area contributed by atoms with Crippen molar-refractivity contribution in [3.8, 4) is 0 Å². The molecule has 0 N–H and O–H groups in total. The molecule has 0 fully saturated rings. The molecule has 2 atom stereocenters. The van der Waals surface area contributed by atoms with Crippen LogP contribution in [0, 0.1) is 0 Å². The normalized spacial score (nSPS) is 13.8. The van der Waals surface area contributed by atoms with Crippen molar-refractivity contribution in [3.05, 3.63) is 146 Å². The van der Waals surface area contributed by atoms with Crippen LogP contribution in [0.3, 0.4) is 0 Å². The number of phosphoric ester groups is 1. The number of hydrogen-bond donors (Lipinski definition) is 0. The van der Waals surface area contributed by atoms with Crippen LogP contribution in [-0.4, -0.2) is 70.0 Å². The Labute approximate surface area is 605 Å². The van der Waals surface area contributed by atoms with E-state index in [0.717, 1.165) is 122 Å². The van der Waals surface area contributed by atoms with Crippen molar-refractivity contribution >= 4 is 19.8 Å². The lowest BCUT2D eigenvalue weighted by Crippen LogP contribution is -2.37. The van der Waals surface area contributed by atoms with E-state index in [0.29, 0.717) is 17.4 Å². The van der Waals surface area contributed by atoms with Gasteiger partial charge in [-0.05, 0) is 122 Å². The molecule has 0 saturated carbocycles. The molecule has 98 heavy (non-hydrogen) atoms. The van der Waals surface area contributed by atoms with Crippen molar-refractivity contribution in [2.75, 3.05) is 47.5 Å². The summed E-state index contributed by atoms with van der Waals surface area (Å²) in [5, 5.41) is 0. The number of quaternary nitrogens is 1. The molecule has 0 aromatic heterocycles. The van der Waals surface area contributed by atoms with Gasteiger partial charge in [0.25, 0.3) is 7.82 Å². The fraction of sp³-hybridized carbons (Fsp3) is 0.705. The number of likely N-dealkylation sites (N-methyl/N-ethyl adjacent to an activating group) is 1. The third-order valence-corrected chi connectivity index (χ3v) is 18.3. The molecule has 0 spiro atoms. The van der Waals surface area contributed by atoms with Gasteiger partial charge < -0.3 is 27.9 Å². The molecule has 9 nitrogen and oxygen atoms in total. The summed E-state index contributed by atoms with van der Waals surface area (Å²) in [6.07, 6.45) is 114. The summed E-state index contributed by atoms with van der Waals surface area (Å²) >= 11 is 0. The highest BCUT2D eigenvalue weighted by Gasteiger charge is 2.22. The summed E-state index contributed by atoms with van der Waals surface area (Å²) in [7, 11) is 1.15. The third kappa shape index (κ3) is 80.9. The van der Waals surface area contributed by atoms with Crippen LogP contribution in [-0.2, 0) is 32.7 Å². The fourth-order valence-electron chi connectivity index (χ4n) is 11.2. The smallest absolute Gasteiger partial charge is 0.306 e. The Morgan fingerprint density at radius 3 is 0.878 bits per heavy atom. The molecule has 0 bridgehead atoms. The maximum Gasteiger partial charge on any atom is 0.306 e. The van der Waals surface area contributed by atoms with Crippen LogP contribution >= 0.6 is 7.82 Å². The molecular formula is C88H152NO8P. The van der Waals surface area contributed by atoms with Gasteiger partial charge in [-0.25, -0.2) is 0 Å². The molecule has 0 radical (unpaired) electrons. The van der Waals surface area contributed by atoms with E-state index in [4.69, 9.17) is 18.5 Å². The number of hydrogen-bond acceptors (Lipinski definition) is 8. The maximum atomic E-state index is 12.9. The Balaban J connectivity index is 4.05. The van der Waals surface area contributed by atoms with Gasteiger partial charge in [0.1, 0.15) is 19.8 Å². The van der Waals surface area contributed by atoms with Crippen LogP contribution in [0.25, 0.3) is 0 Å². The molecule has 0 aliphatic heterocycles. The van der Waals surface area contributed by atoms with E-state index in [2.05, 4.69) is 160 Å². The van der Waals surface area contributed by atoms with Gasteiger partial charge >= 0.3 is 11.9 Å². The summed E-state index contributed by atoms with van der Waals surface area (Å²) in [4.78, 5) is 38.2. The van der Waals surface area contributed by atoms with E-state index in [1.807, 2.05) is 21.1 Å². The van der Waals surface area contributed by atoms with E-state index in [1.165, 1.54) is 193 Å². The fourth-order valence-corrected chi connectivity index (χ4v) is 11.9. The van der Waals surface area contributed by atoms with E-state index < -0.39 is 26.5 Å². The molecule has 0 aromatic rings. The number of carbonyl (C=O) groups is 2. The molecule has 0 aliphatic rings. The minimum Gasteiger partial charge on any atom is -0.756 e. The van der Waals surface area contributed by atoms with Crippen LogP contribution in [0.4, 0.5) is 0 Å². The van der Waals surface area contributed by atoms with Gasteiger partial charge in [0.15, 0.2) is 6.10 Å². The number of allylic oxidation sites excluding steroid dienone is 24. The molecule has 0 saturated heterocycles. The van der Waals surface area contributed by atoms with Crippen molar-refractivity contribution < 1.29 is 42.1 Å². The topological polar surface area (TPSA) is 111 Å².